The van der Waals surface area contributed by atoms with Crippen molar-refractivity contribution in [1.82, 2.24) is 14.8 Å². The van der Waals surface area contributed by atoms with Crippen LogP contribution in [0.1, 0.15) is 54.0 Å². The average molecular weight is 498 g/mol. The fourth-order valence-corrected chi connectivity index (χ4v) is 5.88. The van der Waals surface area contributed by atoms with Gasteiger partial charge in [-0.1, -0.05) is 48.5 Å². The summed E-state index contributed by atoms with van der Waals surface area (Å²) in [5.74, 6) is 0.0290. The number of hydrogen-bond acceptors (Lipinski definition) is 5. The Morgan fingerprint density at radius 1 is 1.08 bits per heavy atom. The van der Waals surface area contributed by atoms with E-state index in [1.165, 1.54) is 4.90 Å². The second kappa shape index (κ2) is 10.2. The highest BCUT2D eigenvalue weighted by atomic mass is 16.5. The van der Waals surface area contributed by atoms with Gasteiger partial charge in [0.1, 0.15) is 5.75 Å². The van der Waals surface area contributed by atoms with Crippen LogP contribution in [0.15, 0.2) is 73.1 Å². The maximum atomic E-state index is 14.1. The fraction of sp³-hybridized carbons (Fsp3) is 0.333. The molecule has 2 atom stereocenters. The molecule has 2 aromatic carbocycles. The van der Waals surface area contributed by atoms with Crippen LogP contribution in [0.5, 0.6) is 5.75 Å². The molecule has 0 saturated carbocycles. The van der Waals surface area contributed by atoms with Gasteiger partial charge in [0.2, 0.25) is 17.7 Å². The zero-order valence-corrected chi connectivity index (χ0v) is 21.2. The van der Waals surface area contributed by atoms with Crippen molar-refractivity contribution in [2.24, 2.45) is 0 Å². The molecule has 2 aliphatic heterocycles. The molecule has 2 unspecified atom stereocenters. The summed E-state index contributed by atoms with van der Waals surface area (Å²) in [6.45, 7) is 2.67. The molecule has 5 rings (SSSR count). The summed E-state index contributed by atoms with van der Waals surface area (Å²) in [6.07, 6.45) is 4.91. The second-order valence-corrected chi connectivity index (χ2v) is 9.88. The molecular weight excluding hydrogens is 466 g/mol. The van der Waals surface area contributed by atoms with E-state index >= 15 is 0 Å². The van der Waals surface area contributed by atoms with Gasteiger partial charge in [0.05, 0.1) is 25.1 Å². The molecule has 0 bridgehead atoms. The molecule has 37 heavy (non-hydrogen) atoms. The summed E-state index contributed by atoms with van der Waals surface area (Å²) in [4.78, 5) is 48.6. The van der Waals surface area contributed by atoms with Gasteiger partial charge in [0.15, 0.2) is 0 Å². The second-order valence-electron chi connectivity index (χ2n) is 9.88. The monoisotopic (exact) mass is 497 g/mol. The van der Waals surface area contributed by atoms with Gasteiger partial charge in [-0.05, 0) is 48.6 Å². The number of rotatable bonds is 7. The number of ether oxygens (including phenoxy) is 1. The smallest absolute Gasteiger partial charge is 0.241 e. The van der Waals surface area contributed by atoms with Gasteiger partial charge in [0, 0.05) is 37.3 Å². The summed E-state index contributed by atoms with van der Waals surface area (Å²) in [5, 5.41) is 0. The number of carbonyl (C=O) groups is 3. The van der Waals surface area contributed by atoms with Gasteiger partial charge < -0.3 is 9.64 Å². The van der Waals surface area contributed by atoms with Gasteiger partial charge >= 0.3 is 0 Å². The summed E-state index contributed by atoms with van der Waals surface area (Å²) in [5.41, 5.74) is 2.13. The van der Waals surface area contributed by atoms with Gasteiger partial charge in [-0.15, -0.1) is 0 Å². The van der Waals surface area contributed by atoms with Crippen molar-refractivity contribution < 1.29 is 19.1 Å². The molecule has 7 nitrogen and oxygen atoms in total. The van der Waals surface area contributed by atoms with Gasteiger partial charge in [0.25, 0.3) is 0 Å². The van der Waals surface area contributed by atoms with Gasteiger partial charge in [-0.2, -0.15) is 0 Å². The van der Waals surface area contributed by atoms with Crippen molar-refractivity contribution in [3.8, 4) is 5.75 Å². The summed E-state index contributed by atoms with van der Waals surface area (Å²) in [6, 6.07) is 18.8. The van der Waals surface area contributed by atoms with Crippen LogP contribution < -0.4 is 4.74 Å². The first-order valence-electron chi connectivity index (χ1n) is 12.7. The molecular formula is C30H31N3O4. The third-order valence-corrected chi connectivity index (χ3v) is 7.66. The number of pyridine rings is 1. The minimum absolute atomic E-state index is 0.0319. The first kappa shape index (κ1) is 24.7. The molecule has 190 valence electrons. The number of para-hydroxylation sites is 1. The molecule has 0 radical (unpaired) electrons. The highest BCUT2D eigenvalue weighted by molar-refractivity contribution is 6.11. The fourth-order valence-electron chi connectivity index (χ4n) is 5.88. The van der Waals surface area contributed by atoms with E-state index in [1.54, 1.807) is 25.6 Å². The van der Waals surface area contributed by atoms with Crippen LogP contribution in [-0.4, -0.2) is 46.2 Å². The molecule has 3 aromatic rings. The zero-order chi connectivity index (χ0) is 26.0. The predicted octanol–water partition coefficient (Wildman–Crippen LogP) is 4.35. The maximum Gasteiger partial charge on any atom is 0.241 e. The quantitative estimate of drug-likeness (QED) is 0.454. The standard InChI is InChI=1S/C30H31N3O4/c1-21-9-3-5-12-24(21)30(18-28(35)33(29(30)36)20-22-10-7-15-31-19-22)17-27(34)32-16-8-13-25(32)23-11-4-6-14-26(23)37-2/h3-7,9-12,14-15,19,25H,8,13,16-18,20H2,1-2H3. The Hall–Kier alpha value is -4.00. The minimum atomic E-state index is -1.24. The highest BCUT2D eigenvalue weighted by Gasteiger charge is 2.55. The van der Waals surface area contributed by atoms with Crippen LogP contribution in [-0.2, 0) is 26.3 Å². The third kappa shape index (κ3) is 4.50. The zero-order valence-electron chi connectivity index (χ0n) is 21.2. The Balaban J connectivity index is 1.49. The van der Waals surface area contributed by atoms with Crippen LogP contribution in [0, 0.1) is 6.92 Å². The number of hydrogen-bond donors (Lipinski definition) is 0. The normalized spacial score (nSPS) is 21.5. The van der Waals surface area contributed by atoms with E-state index in [1.807, 2.05) is 66.4 Å². The summed E-state index contributed by atoms with van der Waals surface area (Å²) < 4.78 is 5.58. The van der Waals surface area contributed by atoms with Crippen LogP contribution in [0.4, 0.5) is 0 Å². The molecule has 3 heterocycles. The lowest BCUT2D eigenvalue weighted by molar-refractivity contribution is -0.143. The van der Waals surface area contributed by atoms with Crippen molar-refractivity contribution in [3.63, 3.8) is 0 Å². The van der Waals surface area contributed by atoms with Crippen molar-refractivity contribution in [1.29, 1.82) is 0 Å². The number of carbonyl (C=O) groups excluding carboxylic acids is 3. The van der Waals surface area contributed by atoms with Crippen molar-refractivity contribution in [2.75, 3.05) is 13.7 Å². The lowest BCUT2D eigenvalue weighted by atomic mass is 9.73. The van der Waals surface area contributed by atoms with E-state index in [-0.39, 0.29) is 43.1 Å². The maximum absolute atomic E-state index is 14.1. The van der Waals surface area contributed by atoms with Crippen LogP contribution in [0.25, 0.3) is 0 Å². The van der Waals surface area contributed by atoms with E-state index in [0.29, 0.717) is 6.54 Å². The lowest BCUT2D eigenvalue weighted by Crippen LogP contribution is -2.43. The SMILES string of the molecule is COc1ccccc1C1CCCN1C(=O)CC1(c2ccccc2C)CC(=O)N(Cc2cccnc2)C1=O. The molecule has 0 aliphatic carbocycles. The summed E-state index contributed by atoms with van der Waals surface area (Å²) in [7, 11) is 1.63. The van der Waals surface area contributed by atoms with E-state index in [9.17, 15) is 14.4 Å². The number of likely N-dealkylation sites (tertiary alicyclic amines) is 2. The molecule has 1 aromatic heterocycles. The van der Waals surface area contributed by atoms with E-state index in [4.69, 9.17) is 4.74 Å². The van der Waals surface area contributed by atoms with Crippen molar-refractivity contribution >= 4 is 17.7 Å². The molecule has 0 spiro atoms. The van der Waals surface area contributed by atoms with E-state index in [2.05, 4.69) is 4.98 Å². The van der Waals surface area contributed by atoms with Crippen molar-refractivity contribution in [2.45, 2.75) is 50.6 Å². The Kier molecular flexibility index (Phi) is 6.78. The number of aromatic nitrogens is 1. The van der Waals surface area contributed by atoms with Crippen LogP contribution >= 0.6 is 0 Å². The first-order chi connectivity index (χ1) is 17.9. The number of benzene rings is 2. The Morgan fingerprint density at radius 2 is 1.86 bits per heavy atom. The predicted molar refractivity (Wildman–Crippen MR) is 139 cm³/mol. The van der Waals surface area contributed by atoms with Gasteiger partial charge in [-0.25, -0.2) is 0 Å². The van der Waals surface area contributed by atoms with Crippen LogP contribution in [0.3, 0.4) is 0 Å². The van der Waals surface area contributed by atoms with E-state index < -0.39 is 5.41 Å². The Labute approximate surface area is 217 Å². The molecule has 3 amide bonds. The van der Waals surface area contributed by atoms with Gasteiger partial charge in [-0.3, -0.25) is 24.3 Å². The topological polar surface area (TPSA) is 79.8 Å². The number of nitrogens with zero attached hydrogens (tertiary/aromatic N) is 3. The Morgan fingerprint density at radius 3 is 2.62 bits per heavy atom. The molecule has 7 heteroatoms. The lowest BCUT2D eigenvalue weighted by Gasteiger charge is -2.33. The number of methoxy groups -OCH3 is 1. The first-order valence-corrected chi connectivity index (χ1v) is 12.7. The highest BCUT2D eigenvalue weighted by Crippen LogP contribution is 2.44. The van der Waals surface area contributed by atoms with E-state index in [0.717, 1.165) is 40.8 Å². The molecule has 0 N–H and O–H groups in total. The number of aryl methyl sites for hydroxylation is 1. The molecule has 2 fully saturated rings. The number of imide groups is 1. The summed E-state index contributed by atoms with van der Waals surface area (Å²) >= 11 is 0. The minimum Gasteiger partial charge on any atom is -0.496 e. The largest absolute Gasteiger partial charge is 0.496 e. The molecule has 2 aliphatic rings. The average Bonchev–Trinajstić information content (AvgIpc) is 3.49. The number of amides is 3. The van der Waals surface area contributed by atoms with Crippen molar-refractivity contribution in [3.05, 3.63) is 95.3 Å². The van der Waals surface area contributed by atoms with Crippen LogP contribution in [0.2, 0.25) is 0 Å². The molecule has 2 saturated heterocycles. The Bertz CT molecular complexity index is 1330. The third-order valence-electron chi connectivity index (χ3n) is 7.66.